The summed E-state index contributed by atoms with van der Waals surface area (Å²) in [6.45, 7) is 6.88. The minimum absolute atomic E-state index is 0.0952. The average molecular weight is 414 g/mol. The number of nitrogens with two attached hydrogens (primary N) is 1. The van der Waals surface area contributed by atoms with Crippen LogP contribution in [0.2, 0.25) is 0 Å². The van der Waals surface area contributed by atoms with Gasteiger partial charge >= 0.3 is 0 Å². The predicted molar refractivity (Wildman–Crippen MR) is 113 cm³/mol. The summed E-state index contributed by atoms with van der Waals surface area (Å²) in [5.74, 6) is 5.14. The molecule has 2 aliphatic rings. The standard InChI is InChI=1S/C22H31N5O3/c1-16-8-9-18(20(28)25-23)11-27(16)19-10-24-26(12-19)13-22(2)14-29-21(30-15-22)17-6-4-3-5-7-17/h3-7,10,12,16,18,21H,8-9,11,13-15,23H2,1-2H3,(H,25,28). The zero-order chi connectivity index (χ0) is 21.1. The Labute approximate surface area is 177 Å². The van der Waals surface area contributed by atoms with E-state index in [1.54, 1.807) is 0 Å². The number of piperidine rings is 1. The number of benzene rings is 1. The molecular weight excluding hydrogens is 382 g/mol. The maximum Gasteiger partial charge on any atom is 0.238 e. The predicted octanol–water partition coefficient (Wildman–Crippen LogP) is 2.23. The first kappa shape index (κ1) is 20.8. The van der Waals surface area contributed by atoms with Crippen LogP contribution in [0.25, 0.3) is 0 Å². The molecule has 3 N–H and O–H groups in total. The summed E-state index contributed by atoms with van der Waals surface area (Å²) in [7, 11) is 0. The molecule has 2 unspecified atom stereocenters. The van der Waals surface area contributed by atoms with Gasteiger partial charge in [0.1, 0.15) is 0 Å². The Kier molecular flexibility index (Phi) is 6.08. The number of rotatable bonds is 5. The van der Waals surface area contributed by atoms with Crippen molar-refractivity contribution in [2.24, 2.45) is 17.2 Å². The van der Waals surface area contributed by atoms with Crippen LogP contribution in [0.4, 0.5) is 5.69 Å². The zero-order valence-electron chi connectivity index (χ0n) is 17.7. The molecule has 8 nitrogen and oxygen atoms in total. The number of hydrazine groups is 1. The van der Waals surface area contributed by atoms with Crippen molar-refractivity contribution in [3.63, 3.8) is 0 Å². The molecule has 2 atom stereocenters. The van der Waals surface area contributed by atoms with E-state index in [9.17, 15) is 4.79 Å². The van der Waals surface area contributed by atoms with Gasteiger partial charge in [0.05, 0.1) is 37.6 Å². The van der Waals surface area contributed by atoms with Crippen molar-refractivity contribution in [2.75, 3.05) is 24.7 Å². The molecule has 1 aromatic carbocycles. The molecule has 3 heterocycles. The van der Waals surface area contributed by atoms with Gasteiger partial charge in [0.15, 0.2) is 6.29 Å². The van der Waals surface area contributed by atoms with Crippen LogP contribution in [0, 0.1) is 11.3 Å². The van der Waals surface area contributed by atoms with Crippen molar-refractivity contribution in [3.8, 4) is 0 Å². The number of carbonyl (C=O) groups excluding carboxylic acids is 1. The smallest absolute Gasteiger partial charge is 0.238 e. The first-order chi connectivity index (χ1) is 14.5. The molecule has 30 heavy (non-hydrogen) atoms. The average Bonchev–Trinajstić information content (AvgIpc) is 3.22. The summed E-state index contributed by atoms with van der Waals surface area (Å²) in [5, 5.41) is 4.57. The summed E-state index contributed by atoms with van der Waals surface area (Å²) in [4.78, 5) is 14.2. The topological polar surface area (TPSA) is 94.6 Å². The highest BCUT2D eigenvalue weighted by molar-refractivity contribution is 5.79. The molecule has 0 bridgehead atoms. The van der Waals surface area contributed by atoms with Gasteiger partial charge in [-0.1, -0.05) is 37.3 Å². The number of carbonyl (C=O) groups is 1. The number of hydrogen-bond donors (Lipinski definition) is 2. The van der Waals surface area contributed by atoms with Gasteiger partial charge in [-0.25, -0.2) is 5.84 Å². The van der Waals surface area contributed by atoms with Crippen LogP contribution in [0.1, 0.15) is 38.5 Å². The fourth-order valence-electron chi connectivity index (χ4n) is 4.31. The van der Waals surface area contributed by atoms with E-state index in [1.807, 2.05) is 47.4 Å². The number of anilines is 1. The number of aromatic nitrogens is 2. The third kappa shape index (κ3) is 4.50. The van der Waals surface area contributed by atoms with Gasteiger partial charge in [-0.15, -0.1) is 0 Å². The van der Waals surface area contributed by atoms with Gasteiger partial charge < -0.3 is 14.4 Å². The molecule has 1 amide bonds. The van der Waals surface area contributed by atoms with E-state index in [1.165, 1.54) is 0 Å². The maximum atomic E-state index is 12.0. The van der Waals surface area contributed by atoms with Crippen molar-refractivity contribution < 1.29 is 14.3 Å². The van der Waals surface area contributed by atoms with Crippen molar-refractivity contribution in [2.45, 2.75) is 45.6 Å². The van der Waals surface area contributed by atoms with Crippen molar-refractivity contribution in [3.05, 3.63) is 48.3 Å². The van der Waals surface area contributed by atoms with E-state index in [2.05, 4.69) is 29.3 Å². The Morgan fingerprint density at radius 3 is 2.70 bits per heavy atom. The lowest BCUT2D eigenvalue weighted by molar-refractivity contribution is -0.233. The Morgan fingerprint density at radius 2 is 2.00 bits per heavy atom. The molecule has 2 aliphatic heterocycles. The first-order valence-electron chi connectivity index (χ1n) is 10.6. The molecule has 0 radical (unpaired) electrons. The quantitative estimate of drug-likeness (QED) is 0.443. The SMILES string of the molecule is CC1CCC(C(=O)NN)CN1c1cnn(CC2(C)COC(c3ccccc3)OC2)c1. The van der Waals surface area contributed by atoms with Crippen LogP contribution >= 0.6 is 0 Å². The van der Waals surface area contributed by atoms with Gasteiger partial charge in [-0.3, -0.25) is 14.9 Å². The van der Waals surface area contributed by atoms with Crippen LogP contribution in [-0.4, -0.2) is 41.5 Å². The molecule has 1 aromatic heterocycles. The normalized spacial score (nSPS) is 29.6. The highest BCUT2D eigenvalue weighted by atomic mass is 16.7. The summed E-state index contributed by atoms with van der Waals surface area (Å²) >= 11 is 0. The third-order valence-corrected chi connectivity index (χ3v) is 6.13. The minimum atomic E-state index is -0.313. The van der Waals surface area contributed by atoms with Gasteiger partial charge in [0.25, 0.3) is 0 Å². The fourth-order valence-corrected chi connectivity index (χ4v) is 4.31. The number of nitrogens with one attached hydrogen (secondary N) is 1. The van der Waals surface area contributed by atoms with E-state index in [0.29, 0.717) is 32.3 Å². The Morgan fingerprint density at radius 1 is 1.27 bits per heavy atom. The zero-order valence-corrected chi connectivity index (χ0v) is 17.7. The monoisotopic (exact) mass is 413 g/mol. The van der Waals surface area contributed by atoms with Gasteiger partial charge in [-0.05, 0) is 19.8 Å². The van der Waals surface area contributed by atoms with E-state index >= 15 is 0 Å². The van der Waals surface area contributed by atoms with Crippen LogP contribution in [0.5, 0.6) is 0 Å². The van der Waals surface area contributed by atoms with Crippen LogP contribution in [0.15, 0.2) is 42.7 Å². The number of ether oxygens (including phenoxy) is 2. The van der Waals surface area contributed by atoms with Crippen LogP contribution in [0.3, 0.4) is 0 Å². The van der Waals surface area contributed by atoms with Crippen molar-refractivity contribution >= 4 is 11.6 Å². The molecule has 2 aromatic rings. The summed E-state index contributed by atoms with van der Waals surface area (Å²) in [5.41, 5.74) is 4.19. The summed E-state index contributed by atoms with van der Waals surface area (Å²) < 4.78 is 14.0. The molecular formula is C22H31N5O3. The minimum Gasteiger partial charge on any atom is -0.365 e. The first-order valence-corrected chi connectivity index (χ1v) is 10.6. The summed E-state index contributed by atoms with van der Waals surface area (Å²) in [6, 6.07) is 10.4. The Balaban J connectivity index is 1.38. The van der Waals surface area contributed by atoms with Crippen molar-refractivity contribution in [1.29, 1.82) is 0 Å². The Bertz CT molecular complexity index is 847. The number of amides is 1. The molecule has 8 heteroatoms. The molecule has 162 valence electrons. The lowest BCUT2D eigenvalue weighted by Gasteiger charge is -2.38. The molecule has 0 saturated carbocycles. The van der Waals surface area contributed by atoms with Gasteiger partial charge in [0, 0.05) is 29.8 Å². The van der Waals surface area contributed by atoms with Gasteiger partial charge in [-0.2, -0.15) is 5.10 Å². The highest BCUT2D eigenvalue weighted by Crippen LogP contribution is 2.33. The fraction of sp³-hybridized carbons (Fsp3) is 0.545. The second kappa shape index (κ2) is 8.75. The van der Waals surface area contributed by atoms with Crippen LogP contribution in [-0.2, 0) is 20.8 Å². The molecule has 0 aliphatic carbocycles. The summed E-state index contributed by atoms with van der Waals surface area (Å²) in [6.07, 6.45) is 5.41. The number of hydrogen-bond acceptors (Lipinski definition) is 6. The molecule has 2 saturated heterocycles. The lowest BCUT2D eigenvalue weighted by atomic mass is 9.92. The number of nitrogens with zero attached hydrogens (tertiary/aromatic N) is 3. The van der Waals surface area contributed by atoms with Crippen molar-refractivity contribution in [1.82, 2.24) is 15.2 Å². The molecule has 4 rings (SSSR count). The van der Waals surface area contributed by atoms with E-state index in [0.717, 1.165) is 24.1 Å². The maximum absolute atomic E-state index is 12.0. The second-order valence-corrected chi connectivity index (χ2v) is 8.86. The second-order valence-electron chi connectivity index (χ2n) is 8.86. The third-order valence-electron chi connectivity index (χ3n) is 6.13. The van der Waals surface area contributed by atoms with Crippen LogP contribution < -0.4 is 16.2 Å². The van der Waals surface area contributed by atoms with Gasteiger partial charge in [0.2, 0.25) is 5.91 Å². The largest absolute Gasteiger partial charge is 0.365 e. The van der Waals surface area contributed by atoms with E-state index < -0.39 is 0 Å². The lowest BCUT2D eigenvalue weighted by Crippen LogP contribution is -2.48. The Hall–Kier alpha value is -2.42. The highest BCUT2D eigenvalue weighted by Gasteiger charge is 2.35. The van der Waals surface area contributed by atoms with E-state index in [-0.39, 0.29) is 23.5 Å². The molecule has 2 fully saturated rings. The van der Waals surface area contributed by atoms with E-state index in [4.69, 9.17) is 15.3 Å². The molecule has 0 spiro atoms.